The summed E-state index contributed by atoms with van der Waals surface area (Å²) in [6.45, 7) is 10.1. The second-order valence-electron chi connectivity index (χ2n) is 6.75. The molecule has 2 aromatic rings. The number of nitriles is 1. The van der Waals surface area contributed by atoms with E-state index in [2.05, 4.69) is 21.2 Å². The molecule has 0 aromatic carbocycles. The van der Waals surface area contributed by atoms with Crippen molar-refractivity contribution in [2.24, 2.45) is 0 Å². The number of carbonyl (C=O) groups is 1. The summed E-state index contributed by atoms with van der Waals surface area (Å²) in [6, 6.07) is 4.11. The number of hydrogen-bond acceptors (Lipinski definition) is 6. The fourth-order valence-electron chi connectivity index (χ4n) is 3.64. The van der Waals surface area contributed by atoms with Crippen molar-refractivity contribution in [3.05, 3.63) is 40.0 Å². The third-order valence-corrected chi connectivity index (χ3v) is 5.08. The lowest BCUT2D eigenvalue weighted by molar-refractivity contribution is 0.0744. The SMILES string of the molecule is CCc1nnc(N2CCN(C(=O)c3cc(C)oc3C)CC2)c(C#N)c1CC. The molecule has 1 fully saturated rings. The van der Waals surface area contributed by atoms with Gasteiger partial charge >= 0.3 is 0 Å². The summed E-state index contributed by atoms with van der Waals surface area (Å²) in [5, 5.41) is 18.3. The zero-order valence-corrected chi connectivity index (χ0v) is 16.4. The van der Waals surface area contributed by atoms with Crippen LogP contribution in [0.1, 0.15) is 52.5 Å². The van der Waals surface area contributed by atoms with Gasteiger partial charge in [-0.1, -0.05) is 13.8 Å². The van der Waals surface area contributed by atoms with Crippen molar-refractivity contribution in [3.8, 4) is 6.07 Å². The van der Waals surface area contributed by atoms with Crippen molar-refractivity contribution in [1.29, 1.82) is 5.26 Å². The number of aromatic nitrogens is 2. The summed E-state index contributed by atoms with van der Waals surface area (Å²) in [7, 11) is 0. The first-order chi connectivity index (χ1) is 13.0. The molecule has 0 unspecified atom stereocenters. The lowest BCUT2D eigenvalue weighted by Gasteiger charge is -2.35. The van der Waals surface area contributed by atoms with Gasteiger partial charge in [-0.2, -0.15) is 10.4 Å². The predicted molar refractivity (Wildman–Crippen MR) is 102 cm³/mol. The molecule has 7 heteroatoms. The van der Waals surface area contributed by atoms with Gasteiger partial charge in [0.15, 0.2) is 5.82 Å². The molecule has 0 atom stereocenters. The summed E-state index contributed by atoms with van der Waals surface area (Å²) < 4.78 is 5.48. The number of aryl methyl sites for hydroxylation is 3. The number of anilines is 1. The molecule has 3 heterocycles. The second-order valence-corrected chi connectivity index (χ2v) is 6.75. The average Bonchev–Trinajstić information content (AvgIpc) is 3.04. The largest absolute Gasteiger partial charge is 0.466 e. The highest BCUT2D eigenvalue weighted by Crippen LogP contribution is 2.25. The zero-order chi connectivity index (χ0) is 19.6. The van der Waals surface area contributed by atoms with Crippen LogP contribution in [0.25, 0.3) is 0 Å². The van der Waals surface area contributed by atoms with Crippen molar-refractivity contribution in [3.63, 3.8) is 0 Å². The Morgan fingerprint density at radius 1 is 1.19 bits per heavy atom. The van der Waals surface area contributed by atoms with Crippen LogP contribution in [0.3, 0.4) is 0 Å². The van der Waals surface area contributed by atoms with Gasteiger partial charge in [-0.15, -0.1) is 5.10 Å². The zero-order valence-electron chi connectivity index (χ0n) is 16.4. The Kier molecular flexibility index (Phi) is 5.45. The Bertz CT molecular complexity index is 889. The summed E-state index contributed by atoms with van der Waals surface area (Å²) >= 11 is 0. The van der Waals surface area contributed by atoms with E-state index in [4.69, 9.17) is 4.42 Å². The smallest absolute Gasteiger partial charge is 0.257 e. The molecule has 7 nitrogen and oxygen atoms in total. The van der Waals surface area contributed by atoms with E-state index in [1.165, 1.54) is 0 Å². The second kappa shape index (κ2) is 7.78. The molecule has 0 bridgehead atoms. The minimum absolute atomic E-state index is 0.00818. The number of furan rings is 1. The third kappa shape index (κ3) is 3.52. The number of hydrogen-bond donors (Lipinski definition) is 0. The van der Waals surface area contributed by atoms with Crippen LogP contribution in [0.2, 0.25) is 0 Å². The van der Waals surface area contributed by atoms with E-state index in [1.807, 2.05) is 32.6 Å². The molecule has 0 spiro atoms. The van der Waals surface area contributed by atoms with Crippen molar-refractivity contribution in [2.75, 3.05) is 31.1 Å². The summed E-state index contributed by atoms with van der Waals surface area (Å²) in [4.78, 5) is 16.6. The van der Waals surface area contributed by atoms with Crippen LogP contribution in [0, 0.1) is 25.2 Å². The first kappa shape index (κ1) is 18.9. The maximum atomic E-state index is 12.8. The Morgan fingerprint density at radius 2 is 1.89 bits per heavy atom. The first-order valence-electron chi connectivity index (χ1n) is 9.39. The standard InChI is InChI=1S/C20H25N5O2/c1-5-15-17(12-21)19(23-22-18(15)6-2)24-7-9-25(10-8-24)20(26)16-11-13(3)27-14(16)4/h11H,5-10H2,1-4H3. The first-order valence-corrected chi connectivity index (χ1v) is 9.39. The van der Waals surface area contributed by atoms with E-state index in [-0.39, 0.29) is 5.91 Å². The highest BCUT2D eigenvalue weighted by molar-refractivity contribution is 5.95. The molecule has 1 aliphatic heterocycles. The molecule has 2 aromatic heterocycles. The predicted octanol–water partition coefficient (Wildman–Crippen LogP) is 2.65. The van der Waals surface area contributed by atoms with Gasteiger partial charge in [-0.3, -0.25) is 4.79 Å². The van der Waals surface area contributed by atoms with E-state index < -0.39 is 0 Å². The molecule has 1 amide bonds. The van der Waals surface area contributed by atoms with Crippen LogP contribution in [0.5, 0.6) is 0 Å². The lowest BCUT2D eigenvalue weighted by atomic mass is 10.0. The van der Waals surface area contributed by atoms with E-state index in [9.17, 15) is 10.1 Å². The van der Waals surface area contributed by atoms with E-state index in [0.717, 1.165) is 29.9 Å². The van der Waals surface area contributed by atoms with Gasteiger partial charge in [-0.25, -0.2) is 0 Å². The van der Waals surface area contributed by atoms with Crippen LogP contribution < -0.4 is 4.90 Å². The maximum absolute atomic E-state index is 12.8. The van der Waals surface area contributed by atoms with E-state index in [1.54, 1.807) is 6.07 Å². The van der Waals surface area contributed by atoms with Crippen LogP contribution in [0.4, 0.5) is 5.82 Å². The van der Waals surface area contributed by atoms with Crippen molar-refractivity contribution >= 4 is 11.7 Å². The molecular weight excluding hydrogens is 342 g/mol. The van der Waals surface area contributed by atoms with Crippen molar-refractivity contribution < 1.29 is 9.21 Å². The highest BCUT2D eigenvalue weighted by atomic mass is 16.3. The Balaban J connectivity index is 1.77. The van der Waals surface area contributed by atoms with Gasteiger partial charge in [0.2, 0.25) is 0 Å². The van der Waals surface area contributed by atoms with E-state index >= 15 is 0 Å². The Labute approximate surface area is 159 Å². The molecule has 0 saturated carbocycles. The summed E-state index contributed by atoms with van der Waals surface area (Å²) in [5.41, 5.74) is 3.11. The summed E-state index contributed by atoms with van der Waals surface area (Å²) in [6.07, 6.45) is 1.52. The number of piperazine rings is 1. The quantitative estimate of drug-likeness (QED) is 0.826. The van der Waals surface area contributed by atoms with E-state index in [0.29, 0.717) is 48.9 Å². The normalized spacial score (nSPS) is 14.3. The number of carbonyl (C=O) groups excluding carboxylic acids is 1. The Morgan fingerprint density at radius 3 is 2.41 bits per heavy atom. The number of rotatable bonds is 4. The molecule has 0 radical (unpaired) electrons. The monoisotopic (exact) mass is 367 g/mol. The molecule has 0 aliphatic carbocycles. The molecule has 0 N–H and O–H groups in total. The fourth-order valence-corrected chi connectivity index (χ4v) is 3.64. The molecule has 142 valence electrons. The van der Waals surface area contributed by atoms with Gasteiger partial charge in [0.05, 0.1) is 11.3 Å². The number of amides is 1. The minimum atomic E-state index is -0.00818. The van der Waals surface area contributed by atoms with Crippen LogP contribution >= 0.6 is 0 Å². The molecule has 27 heavy (non-hydrogen) atoms. The minimum Gasteiger partial charge on any atom is -0.466 e. The van der Waals surface area contributed by atoms with Gasteiger partial charge in [0, 0.05) is 26.2 Å². The lowest BCUT2D eigenvalue weighted by Crippen LogP contribution is -2.49. The van der Waals surface area contributed by atoms with Crippen LogP contribution in [-0.4, -0.2) is 47.2 Å². The van der Waals surface area contributed by atoms with Crippen molar-refractivity contribution in [2.45, 2.75) is 40.5 Å². The van der Waals surface area contributed by atoms with Crippen molar-refractivity contribution in [1.82, 2.24) is 15.1 Å². The van der Waals surface area contributed by atoms with Gasteiger partial charge in [-0.05, 0) is 38.3 Å². The molecule has 1 saturated heterocycles. The van der Waals surface area contributed by atoms with Crippen LogP contribution in [-0.2, 0) is 12.8 Å². The average molecular weight is 367 g/mol. The fraction of sp³-hybridized carbons (Fsp3) is 0.500. The van der Waals surface area contributed by atoms with Gasteiger partial charge < -0.3 is 14.2 Å². The summed E-state index contributed by atoms with van der Waals surface area (Å²) in [5.74, 6) is 2.02. The number of nitrogens with zero attached hydrogens (tertiary/aromatic N) is 5. The molecule has 1 aliphatic rings. The molecular formula is C20H25N5O2. The highest BCUT2D eigenvalue weighted by Gasteiger charge is 2.27. The topological polar surface area (TPSA) is 86.3 Å². The molecule has 3 rings (SSSR count). The van der Waals surface area contributed by atoms with Gasteiger partial charge in [0.1, 0.15) is 23.2 Å². The third-order valence-electron chi connectivity index (χ3n) is 5.08. The van der Waals surface area contributed by atoms with Crippen LogP contribution in [0.15, 0.2) is 10.5 Å². The maximum Gasteiger partial charge on any atom is 0.257 e. The Hall–Kier alpha value is -2.88. The van der Waals surface area contributed by atoms with Gasteiger partial charge in [0.25, 0.3) is 5.91 Å².